The Bertz CT molecular complexity index is 697. The molecule has 0 bridgehead atoms. The number of benzene rings is 2. The van der Waals surface area contributed by atoms with Gasteiger partial charge in [-0.05, 0) is 54.1 Å². The third kappa shape index (κ3) is 4.71. The lowest BCUT2D eigenvalue weighted by atomic mass is 10.2. The number of anilines is 1. The summed E-state index contributed by atoms with van der Waals surface area (Å²) < 4.78 is 0.869. The molecule has 0 spiro atoms. The van der Waals surface area contributed by atoms with Crippen molar-refractivity contribution in [1.29, 1.82) is 0 Å². The van der Waals surface area contributed by atoms with Gasteiger partial charge < -0.3 is 10.4 Å². The van der Waals surface area contributed by atoms with Crippen LogP contribution in [0.2, 0.25) is 0 Å². The molecule has 2 amide bonds. The zero-order chi connectivity index (χ0) is 15.9. The number of nitrogens with one attached hydrogen (secondary N) is 2. The van der Waals surface area contributed by atoms with Crippen LogP contribution in [0.1, 0.15) is 5.56 Å². The smallest absolute Gasteiger partial charge is 0.329 e. The Hall–Kier alpha value is -2.67. The average molecular weight is 362 g/mol. The Labute approximate surface area is 135 Å². The summed E-state index contributed by atoms with van der Waals surface area (Å²) in [6.07, 6.45) is 1.37. The van der Waals surface area contributed by atoms with E-state index in [0.29, 0.717) is 11.3 Å². The molecule has 2 rings (SSSR count). The second-order valence-corrected chi connectivity index (χ2v) is 5.17. The number of aromatic hydroxyl groups is 1. The number of halogens is 1. The Morgan fingerprint density at radius 2 is 1.64 bits per heavy atom. The predicted molar refractivity (Wildman–Crippen MR) is 86.6 cm³/mol. The van der Waals surface area contributed by atoms with E-state index in [1.165, 1.54) is 18.3 Å². The molecule has 7 heteroatoms. The maximum absolute atomic E-state index is 11.6. The molecule has 0 aliphatic carbocycles. The minimum absolute atomic E-state index is 0.134. The van der Waals surface area contributed by atoms with E-state index in [4.69, 9.17) is 5.11 Å². The molecule has 0 unspecified atom stereocenters. The van der Waals surface area contributed by atoms with Crippen molar-refractivity contribution in [3.63, 3.8) is 0 Å². The fraction of sp³-hybridized carbons (Fsp3) is 0. The predicted octanol–water partition coefficient (Wildman–Crippen LogP) is 2.24. The van der Waals surface area contributed by atoms with Gasteiger partial charge in [-0.25, -0.2) is 5.43 Å². The Kier molecular flexibility index (Phi) is 5.26. The van der Waals surface area contributed by atoms with Gasteiger partial charge in [-0.3, -0.25) is 9.59 Å². The third-order valence-electron chi connectivity index (χ3n) is 2.58. The lowest BCUT2D eigenvalue weighted by Crippen LogP contribution is -2.32. The van der Waals surface area contributed by atoms with Gasteiger partial charge in [-0.2, -0.15) is 5.10 Å². The highest BCUT2D eigenvalue weighted by Crippen LogP contribution is 2.13. The second kappa shape index (κ2) is 7.37. The minimum atomic E-state index is -0.877. The van der Waals surface area contributed by atoms with Gasteiger partial charge in [0.2, 0.25) is 0 Å². The fourth-order valence-electron chi connectivity index (χ4n) is 1.50. The van der Waals surface area contributed by atoms with Crippen LogP contribution < -0.4 is 10.7 Å². The maximum Gasteiger partial charge on any atom is 0.329 e. The number of nitrogens with zero attached hydrogens (tertiary/aromatic N) is 1. The van der Waals surface area contributed by atoms with Crippen LogP contribution in [-0.4, -0.2) is 23.1 Å². The van der Waals surface area contributed by atoms with E-state index in [1.54, 1.807) is 36.4 Å². The Morgan fingerprint density at radius 3 is 2.27 bits per heavy atom. The molecule has 3 N–H and O–H groups in total. The van der Waals surface area contributed by atoms with E-state index < -0.39 is 11.8 Å². The van der Waals surface area contributed by atoms with Gasteiger partial charge in [-0.1, -0.05) is 15.9 Å². The van der Waals surface area contributed by atoms with Crippen LogP contribution in [0.4, 0.5) is 5.69 Å². The number of phenols is 1. The van der Waals surface area contributed by atoms with Crippen LogP contribution in [0.15, 0.2) is 58.1 Å². The summed E-state index contributed by atoms with van der Waals surface area (Å²) in [6.45, 7) is 0. The van der Waals surface area contributed by atoms with Crippen molar-refractivity contribution in [2.24, 2.45) is 5.10 Å². The number of hydrogen-bond acceptors (Lipinski definition) is 4. The van der Waals surface area contributed by atoms with Crippen LogP contribution >= 0.6 is 15.9 Å². The highest BCUT2D eigenvalue weighted by Gasteiger charge is 2.12. The number of rotatable bonds is 3. The highest BCUT2D eigenvalue weighted by molar-refractivity contribution is 9.10. The molecule has 2 aromatic rings. The number of amides is 2. The van der Waals surface area contributed by atoms with E-state index >= 15 is 0 Å². The zero-order valence-electron chi connectivity index (χ0n) is 11.3. The van der Waals surface area contributed by atoms with Gasteiger partial charge in [-0.15, -0.1) is 0 Å². The van der Waals surface area contributed by atoms with E-state index in [9.17, 15) is 9.59 Å². The molecule has 0 aliphatic heterocycles. The highest BCUT2D eigenvalue weighted by atomic mass is 79.9. The van der Waals surface area contributed by atoms with Gasteiger partial charge >= 0.3 is 11.8 Å². The molecule has 0 aromatic heterocycles. The molecular weight excluding hydrogens is 350 g/mol. The lowest BCUT2D eigenvalue weighted by molar-refractivity contribution is -0.136. The van der Waals surface area contributed by atoms with Crippen LogP contribution in [0.5, 0.6) is 5.75 Å². The summed E-state index contributed by atoms with van der Waals surface area (Å²) in [5.74, 6) is -1.56. The molecule has 6 nitrogen and oxygen atoms in total. The van der Waals surface area contributed by atoms with Gasteiger partial charge in [0.25, 0.3) is 0 Å². The minimum Gasteiger partial charge on any atom is -0.508 e. The number of carbonyl (C=O) groups excluding carboxylic acids is 2. The Balaban J connectivity index is 1.87. The van der Waals surface area contributed by atoms with Gasteiger partial charge in [0.05, 0.1) is 6.21 Å². The van der Waals surface area contributed by atoms with Gasteiger partial charge in [0.15, 0.2) is 0 Å². The quantitative estimate of drug-likeness (QED) is 0.444. The van der Waals surface area contributed by atoms with Crippen LogP contribution in [-0.2, 0) is 9.59 Å². The van der Waals surface area contributed by atoms with Gasteiger partial charge in [0.1, 0.15) is 5.75 Å². The number of hydrazone groups is 1. The largest absolute Gasteiger partial charge is 0.508 e. The number of hydrogen-bond donors (Lipinski definition) is 3. The second-order valence-electron chi connectivity index (χ2n) is 4.25. The number of carbonyl (C=O) groups is 2. The van der Waals surface area contributed by atoms with Crippen molar-refractivity contribution < 1.29 is 14.7 Å². The zero-order valence-corrected chi connectivity index (χ0v) is 12.9. The topological polar surface area (TPSA) is 90.8 Å². The van der Waals surface area contributed by atoms with Gasteiger partial charge in [0, 0.05) is 10.2 Å². The number of phenolic OH excluding ortho intramolecular Hbond substituents is 1. The molecule has 0 saturated heterocycles. The van der Waals surface area contributed by atoms with E-state index in [-0.39, 0.29) is 5.75 Å². The molecule has 112 valence electrons. The molecule has 0 aliphatic rings. The summed E-state index contributed by atoms with van der Waals surface area (Å²) in [6, 6.07) is 13.0. The molecule has 0 atom stereocenters. The lowest BCUT2D eigenvalue weighted by Gasteiger charge is -2.03. The molecule has 2 aromatic carbocycles. The molecule has 0 heterocycles. The van der Waals surface area contributed by atoms with Crippen molar-refractivity contribution >= 4 is 39.6 Å². The molecule has 22 heavy (non-hydrogen) atoms. The van der Waals surface area contributed by atoms with Crippen molar-refractivity contribution in [3.8, 4) is 5.75 Å². The first-order valence-electron chi connectivity index (χ1n) is 6.23. The summed E-state index contributed by atoms with van der Waals surface area (Å²) in [7, 11) is 0. The SMILES string of the molecule is O=C(N/N=C/c1ccc(O)cc1)C(=O)Nc1ccc(Br)cc1. The van der Waals surface area contributed by atoms with Crippen molar-refractivity contribution in [1.82, 2.24) is 5.43 Å². The van der Waals surface area contributed by atoms with Crippen LogP contribution in [0, 0.1) is 0 Å². The third-order valence-corrected chi connectivity index (χ3v) is 3.11. The molecule has 0 radical (unpaired) electrons. The summed E-state index contributed by atoms with van der Waals surface area (Å²) in [5, 5.41) is 15.3. The monoisotopic (exact) mass is 361 g/mol. The van der Waals surface area contributed by atoms with Crippen molar-refractivity contribution in [2.45, 2.75) is 0 Å². The molecule has 0 fully saturated rings. The summed E-state index contributed by atoms with van der Waals surface area (Å²) >= 11 is 3.27. The Morgan fingerprint density at radius 1 is 1.00 bits per heavy atom. The standard InChI is InChI=1S/C15H12BrN3O3/c16-11-3-5-12(6-4-11)18-14(21)15(22)19-17-9-10-1-7-13(20)8-2-10/h1-9,20H,(H,18,21)(H,19,22)/b17-9+. The first-order valence-corrected chi connectivity index (χ1v) is 7.03. The van der Waals surface area contributed by atoms with Crippen molar-refractivity contribution in [2.75, 3.05) is 5.32 Å². The first kappa shape index (κ1) is 15.7. The molecule has 0 saturated carbocycles. The fourth-order valence-corrected chi connectivity index (χ4v) is 1.76. The summed E-state index contributed by atoms with van der Waals surface area (Å²) in [4.78, 5) is 23.2. The van der Waals surface area contributed by atoms with E-state index in [1.807, 2.05) is 0 Å². The van der Waals surface area contributed by atoms with E-state index in [0.717, 1.165) is 4.47 Å². The van der Waals surface area contributed by atoms with Crippen molar-refractivity contribution in [3.05, 3.63) is 58.6 Å². The first-order chi connectivity index (χ1) is 10.5. The maximum atomic E-state index is 11.6. The van der Waals surface area contributed by atoms with Crippen LogP contribution in [0.25, 0.3) is 0 Å². The van der Waals surface area contributed by atoms with E-state index in [2.05, 4.69) is 31.8 Å². The summed E-state index contributed by atoms with van der Waals surface area (Å²) in [5.41, 5.74) is 3.30. The average Bonchev–Trinajstić information content (AvgIpc) is 2.51. The normalized spacial score (nSPS) is 10.4. The molecular formula is C15H12BrN3O3. The van der Waals surface area contributed by atoms with Crippen LogP contribution in [0.3, 0.4) is 0 Å².